The number of anilines is 1. The number of nitrogens with one attached hydrogen (secondary N) is 2. The standard InChI is InChI=1S/C19H17N3O5S2/c1-10-15(11-6-4-3-5-7-11)16(18(26)27-2)17(29-10)20-14(25)9-28-19-21-12(23)8-13(24)22-19/h3-8H,9H2,1-2H3,(H,20,25)(H2,21,22,23,24). The van der Waals surface area contributed by atoms with Crippen LogP contribution in [-0.2, 0) is 9.53 Å². The Morgan fingerprint density at radius 1 is 1.31 bits per heavy atom. The van der Waals surface area contributed by atoms with Crippen molar-refractivity contribution in [1.82, 2.24) is 9.97 Å². The number of aromatic amines is 1. The van der Waals surface area contributed by atoms with Gasteiger partial charge in [-0.1, -0.05) is 42.1 Å². The quantitative estimate of drug-likeness (QED) is 0.312. The maximum absolute atomic E-state index is 12.4. The molecule has 0 radical (unpaired) electrons. The van der Waals surface area contributed by atoms with Gasteiger partial charge in [0.05, 0.1) is 18.9 Å². The van der Waals surface area contributed by atoms with Gasteiger partial charge in [0, 0.05) is 10.4 Å². The molecule has 0 saturated heterocycles. The van der Waals surface area contributed by atoms with Crippen LogP contribution in [0.5, 0.6) is 5.88 Å². The molecule has 0 bridgehead atoms. The first-order valence-electron chi connectivity index (χ1n) is 8.39. The van der Waals surface area contributed by atoms with Crippen molar-refractivity contribution in [1.29, 1.82) is 0 Å². The molecule has 0 saturated carbocycles. The summed E-state index contributed by atoms with van der Waals surface area (Å²) in [6, 6.07) is 10.3. The minimum atomic E-state index is -0.546. The summed E-state index contributed by atoms with van der Waals surface area (Å²) in [6.07, 6.45) is 0. The second kappa shape index (κ2) is 8.93. The molecule has 0 spiro atoms. The van der Waals surface area contributed by atoms with Crippen LogP contribution < -0.4 is 10.9 Å². The lowest BCUT2D eigenvalue weighted by Gasteiger charge is -2.08. The summed E-state index contributed by atoms with van der Waals surface area (Å²) >= 11 is 2.23. The van der Waals surface area contributed by atoms with Crippen molar-refractivity contribution in [2.75, 3.05) is 18.2 Å². The van der Waals surface area contributed by atoms with Gasteiger partial charge in [-0.05, 0) is 12.5 Å². The number of nitrogens with zero attached hydrogens (tertiary/aromatic N) is 1. The first kappa shape index (κ1) is 20.6. The molecular formula is C19H17N3O5S2. The largest absolute Gasteiger partial charge is 0.493 e. The Hall–Kier alpha value is -3.11. The average molecular weight is 431 g/mol. The molecule has 2 heterocycles. The molecule has 3 N–H and O–H groups in total. The number of aromatic nitrogens is 2. The Morgan fingerprint density at radius 2 is 2.03 bits per heavy atom. The van der Waals surface area contributed by atoms with Crippen LogP contribution in [0.15, 0.2) is 46.3 Å². The van der Waals surface area contributed by atoms with Gasteiger partial charge >= 0.3 is 5.97 Å². The molecule has 0 fully saturated rings. The minimum absolute atomic E-state index is 0.0787. The molecular weight excluding hydrogens is 414 g/mol. The molecule has 1 aromatic carbocycles. The SMILES string of the molecule is COC(=O)c1c(NC(=O)CSc2nc(O)cc(=O)[nH]2)sc(C)c1-c1ccccc1. The van der Waals surface area contributed by atoms with Crippen LogP contribution in [0.3, 0.4) is 0 Å². The first-order chi connectivity index (χ1) is 13.9. The lowest BCUT2D eigenvalue weighted by atomic mass is 10.0. The van der Waals surface area contributed by atoms with Crippen LogP contribution in [0.1, 0.15) is 15.2 Å². The summed E-state index contributed by atoms with van der Waals surface area (Å²) in [5.41, 5.74) is 1.33. The van der Waals surface area contributed by atoms with Crippen molar-refractivity contribution in [2.45, 2.75) is 12.1 Å². The number of carbonyl (C=O) groups excluding carboxylic acids is 2. The van der Waals surface area contributed by atoms with Crippen molar-refractivity contribution in [2.24, 2.45) is 0 Å². The molecule has 0 unspecified atom stereocenters. The number of methoxy groups -OCH3 is 1. The smallest absolute Gasteiger partial charge is 0.341 e. The number of ether oxygens (including phenoxy) is 1. The van der Waals surface area contributed by atoms with Crippen molar-refractivity contribution >= 4 is 40.0 Å². The zero-order chi connectivity index (χ0) is 21.0. The molecule has 0 aliphatic carbocycles. The Balaban J connectivity index is 1.84. The van der Waals surface area contributed by atoms with Crippen LogP contribution in [0, 0.1) is 6.92 Å². The maximum atomic E-state index is 12.4. The van der Waals surface area contributed by atoms with Crippen molar-refractivity contribution in [3.8, 4) is 17.0 Å². The van der Waals surface area contributed by atoms with E-state index in [1.54, 1.807) is 0 Å². The van der Waals surface area contributed by atoms with E-state index >= 15 is 0 Å². The third-order valence-corrected chi connectivity index (χ3v) is 5.73. The number of carbonyl (C=O) groups is 2. The van der Waals surface area contributed by atoms with E-state index in [0.29, 0.717) is 16.1 Å². The topological polar surface area (TPSA) is 121 Å². The van der Waals surface area contributed by atoms with Crippen molar-refractivity contribution in [3.05, 3.63) is 57.2 Å². The first-order valence-corrected chi connectivity index (χ1v) is 10.2. The van der Waals surface area contributed by atoms with Gasteiger partial charge in [-0.3, -0.25) is 9.59 Å². The highest BCUT2D eigenvalue weighted by Gasteiger charge is 2.25. The number of rotatable bonds is 6. The Bertz CT molecular complexity index is 1110. The molecule has 1 amide bonds. The van der Waals surface area contributed by atoms with Gasteiger partial charge in [-0.15, -0.1) is 11.3 Å². The van der Waals surface area contributed by atoms with Gasteiger partial charge in [0.15, 0.2) is 5.16 Å². The second-order valence-electron chi connectivity index (χ2n) is 5.84. The molecule has 0 aliphatic heterocycles. The van der Waals surface area contributed by atoms with Gasteiger partial charge in [0.1, 0.15) is 10.6 Å². The molecule has 150 valence electrons. The fourth-order valence-electron chi connectivity index (χ4n) is 2.67. The summed E-state index contributed by atoms with van der Waals surface area (Å²) in [5.74, 6) is -1.45. The number of thiophene rings is 1. The predicted octanol–water partition coefficient (Wildman–Crippen LogP) is 3.03. The predicted molar refractivity (Wildman–Crippen MR) is 112 cm³/mol. The van der Waals surface area contributed by atoms with Crippen molar-refractivity contribution < 1.29 is 19.4 Å². The molecule has 10 heteroatoms. The molecule has 3 rings (SSSR count). The van der Waals surface area contributed by atoms with Crippen LogP contribution >= 0.6 is 23.1 Å². The molecule has 0 aliphatic rings. The van der Waals surface area contributed by atoms with E-state index in [1.165, 1.54) is 18.4 Å². The second-order valence-corrected chi connectivity index (χ2v) is 8.03. The summed E-state index contributed by atoms with van der Waals surface area (Å²) in [4.78, 5) is 43.2. The lowest BCUT2D eigenvalue weighted by Crippen LogP contribution is -2.16. The normalized spacial score (nSPS) is 10.6. The number of hydrogen-bond donors (Lipinski definition) is 3. The molecule has 29 heavy (non-hydrogen) atoms. The summed E-state index contributed by atoms with van der Waals surface area (Å²) in [6.45, 7) is 1.87. The van der Waals surface area contributed by atoms with Crippen LogP contribution in [-0.4, -0.2) is 39.8 Å². The number of benzene rings is 1. The Labute approximate surface area is 174 Å². The van der Waals surface area contributed by atoms with Crippen LogP contribution in [0.4, 0.5) is 5.00 Å². The number of esters is 1. The van der Waals surface area contributed by atoms with Gasteiger partial charge in [0.2, 0.25) is 11.8 Å². The summed E-state index contributed by atoms with van der Waals surface area (Å²) in [5, 5.41) is 12.6. The van der Waals surface area contributed by atoms with Gasteiger partial charge in [-0.2, -0.15) is 4.98 Å². The van der Waals surface area contributed by atoms with Gasteiger partial charge in [0.25, 0.3) is 5.56 Å². The lowest BCUT2D eigenvalue weighted by molar-refractivity contribution is -0.113. The average Bonchev–Trinajstić information content (AvgIpc) is 3.01. The Morgan fingerprint density at radius 3 is 2.69 bits per heavy atom. The fraction of sp³-hybridized carbons (Fsp3) is 0.158. The number of H-pyrrole nitrogens is 1. The molecule has 8 nitrogen and oxygen atoms in total. The number of aromatic hydroxyl groups is 1. The van der Waals surface area contributed by atoms with Crippen LogP contribution in [0.2, 0.25) is 0 Å². The summed E-state index contributed by atoms with van der Waals surface area (Å²) in [7, 11) is 1.29. The van der Waals surface area contributed by atoms with E-state index < -0.39 is 23.3 Å². The molecule has 0 atom stereocenters. The van der Waals surface area contributed by atoms with Crippen molar-refractivity contribution in [3.63, 3.8) is 0 Å². The third kappa shape index (κ3) is 4.84. The maximum Gasteiger partial charge on any atom is 0.341 e. The Kier molecular flexibility index (Phi) is 6.35. The molecule has 3 aromatic rings. The van der Waals surface area contributed by atoms with Crippen LogP contribution in [0.25, 0.3) is 11.1 Å². The van der Waals surface area contributed by atoms with E-state index in [0.717, 1.165) is 28.3 Å². The van der Waals surface area contributed by atoms with Gasteiger partial charge in [-0.25, -0.2) is 4.79 Å². The van der Waals surface area contributed by atoms with E-state index in [2.05, 4.69) is 15.3 Å². The zero-order valence-electron chi connectivity index (χ0n) is 15.5. The highest BCUT2D eigenvalue weighted by Crippen LogP contribution is 2.40. The number of aryl methyl sites for hydroxylation is 1. The van der Waals surface area contributed by atoms with Gasteiger partial charge < -0.3 is 20.1 Å². The molecule has 2 aromatic heterocycles. The zero-order valence-corrected chi connectivity index (χ0v) is 17.1. The number of hydrogen-bond acceptors (Lipinski definition) is 8. The number of amides is 1. The van der Waals surface area contributed by atoms with E-state index in [-0.39, 0.29) is 10.9 Å². The van der Waals surface area contributed by atoms with E-state index in [4.69, 9.17) is 4.74 Å². The third-order valence-electron chi connectivity index (χ3n) is 3.84. The fourth-order valence-corrected chi connectivity index (χ4v) is 4.42. The van der Waals surface area contributed by atoms with E-state index in [9.17, 15) is 19.5 Å². The highest BCUT2D eigenvalue weighted by atomic mass is 32.2. The number of thioether (sulfide) groups is 1. The van der Waals surface area contributed by atoms with E-state index in [1.807, 2.05) is 37.3 Å². The highest BCUT2D eigenvalue weighted by molar-refractivity contribution is 7.99. The summed E-state index contributed by atoms with van der Waals surface area (Å²) < 4.78 is 4.92. The monoisotopic (exact) mass is 431 g/mol. The minimum Gasteiger partial charge on any atom is -0.493 e.